The summed E-state index contributed by atoms with van der Waals surface area (Å²) in [4.78, 5) is 15.2. The number of para-hydroxylation sites is 1. The van der Waals surface area contributed by atoms with Gasteiger partial charge in [0.2, 0.25) is 5.91 Å². The van der Waals surface area contributed by atoms with Gasteiger partial charge in [-0.1, -0.05) is 18.2 Å². The highest BCUT2D eigenvalue weighted by Gasteiger charge is 2.10. The number of hydrogen-bond acceptors (Lipinski definition) is 2. The Balaban J connectivity index is 1.70. The third kappa shape index (κ3) is 2.45. The molecule has 0 saturated heterocycles. The second kappa shape index (κ2) is 5.25. The number of H-pyrrole nitrogens is 1. The van der Waals surface area contributed by atoms with E-state index in [2.05, 4.69) is 23.3 Å². The molecule has 0 bridgehead atoms. The summed E-state index contributed by atoms with van der Waals surface area (Å²) in [5, 5.41) is 3.97. The van der Waals surface area contributed by atoms with E-state index in [0.29, 0.717) is 13.0 Å². The molecule has 102 valence electrons. The second-order valence-electron chi connectivity index (χ2n) is 4.84. The maximum atomic E-state index is 12.0. The van der Waals surface area contributed by atoms with Crippen LogP contribution in [0.2, 0.25) is 0 Å². The minimum atomic E-state index is -0.0104. The molecule has 4 nitrogen and oxygen atoms in total. The SMILES string of the molecule is Cc1cccc2c(CC(=O)NCc3ccco3)c[nH]c12. The predicted octanol–water partition coefficient (Wildman–Crippen LogP) is 2.93. The van der Waals surface area contributed by atoms with Gasteiger partial charge < -0.3 is 14.7 Å². The van der Waals surface area contributed by atoms with E-state index in [-0.39, 0.29) is 5.91 Å². The molecule has 3 aromatic rings. The van der Waals surface area contributed by atoms with E-state index in [1.807, 2.05) is 30.5 Å². The van der Waals surface area contributed by atoms with Gasteiger partial charge in [0.25, 0.3) is 0 Å². The topological polar surface area (TPSA) is 58.0 Å². The van der Waals surface area contributed by atoms with Crippen LogP contribution in [0.3, 0.4) is 0 Å². The fourth-order valence-corrected chi connectivity index (χ4v) is 2.34. The summed E-state index contributed by atoms with van der Waals surface area (Å²) < 4.78 is 5.18. The number of aromatic amines is 1. The zero-order valence-corrected chi connectivity index (χ0v) is 11.3. The number of fused-ring (bicyclic) bond motifs is 1. The number of amides is 1. The van der Waals surface area contributed by atoms with Gasteiger partial charge in [-0.05, 0) is 30.2 Å². The number of carbonyl (C=O) groups is 1. The predicted molar refractivity (Wildman–Crippen MR) is 77.3 cm³/mol. The molecule has 2 heterocycles. The van der Waals surface area contributed by atoms with Crippen molar-refractivity contribution in [1.82, 2.24) is 10.3 Å². The fourth-order valence-electron chi connectivity index (χ4n) is 2.34. The normalized spacial score (nSPS) is 10.8. The van der Waals surface area contributed by atoms with Crippen LogP contribution in [0.25, 0.3) is 10.9 Å². The lowest BCUT2D eigenvalue weighted by Gasteiger charge is -2.03. The summed E-state index contributed by atoms with van der Waals surface area (Å²) in [5.74, 6) is 0.747. The number of carbonyl (C=O) groups excluding carboxylic acids is 1. The quantitative estimate of drug-likeness (QED) is 0.764. The van der Waals surface area contributed by atoms with Crippen LogP contribution in [-0.4, -0.2) is 10.9 Å². The Morgan fingerprint density at radius 1 is 1.30 bits per heavy atom. The molecule has 4 heteroatoms. The van der Waals surface area contributed by atoms with Crippen molar-refractivity contribution in [3.8, 4) is 0 Å². The van der Waals surface area contributed by atoms with Crippen LogP contribution in [0.1, 0.15) is 16.9 Å². The fraction of sp³-hybridized carbons (Fsp3) is 0.188. The number of aryl methyl sites for hydroxylation is 1. The molecule has 0 unspecified atom stereocenters. The summed E-state index contributed by atoms with van der Waals surface area (Å²) in [6.45, 7) is 2.48. The van der Waals surface area contributed by atoms with E-state index in [9.17, 15) is 4.79 Å². The molecule has 0 saturated carbocycles. The Morgan fingerprint density at radius 3 is 3.00 bits per heavy atom. The number of nitrogens with one attached hydrogen (secondary N) is 2. The summed E-state index contributed by atoms with van der Waals surface area (Å²) in [7, 11) is 0. The summed E-state index contributed by atoms with van der Waals surface area (Å²) in [5.41, 5.74) is 3.30. The zero-order chi connectivity index (χ0) is 13.9. The molecular formula is C16H16N2O2. The van der Waals surface area contributed by atoms with Crippen LogP contribution in [-0.2, 0) is 17.8 Å². The van der Waals surface area contributed by atoms with Crippen molar-refractivity contribution in [3.63, 3.8) is 0 Å². The van der Waals surface area contributed by atoms with Crippen LogP contribution in [0.4, 0.5) is 0 Å². The smallest absolute Gasteiger partial charge is 0.224 e. The second-order valence-corrected chi connectivity index (χ2v) is 4.84. The number of hydrogen-bond donors (Lipinski definition) is 2. The highest BCUT2D eigenvalue weighted by molar-refractivity contribution is 5.90. The van der Waals surface area contributed by atoms with Crippen molar-refractivity contribution < 1.29 is 9.21 Å². The van der Waals surface area contributed by atoms with Gasteiger partial charge in [0.1, 0.15) is 5.76 Å². The van der Waals surface area contributed by atoms with Gasteiger partial charge in [0, 0.05) is 17.1 Å². The molecule has 0 atom stereocenters. The van der Waals surface area contributed by atoms with E-state index in [4.69, 9.17) is 4.42 Å². The Kier molecular flexibility index (Phi) is 3.29. The van der Waals surface area contributed by atoms with Crippen molar-refractivity contribution in [3.05, 3.63) is 59.7 Å². The van der Waals surface area contributed by atoms with Crippen LogP contribution in [0, 0.1) is 6.92 Å². The first kappa shape index (κ1) is 12.5. The average Bonchev–Trinajstić information content (AvgIpc) is 3.07. The van der Waals surface area contributed by atoms with Crippen LogP contribution in [0.5, 0.6) is 0 Å². The van der Waals surface area contributed by atoms with Gasteiger partial charge in [0.05, 0.1) is 19.2 Å². The number of benzene rings is 1. The van der Waals surface area contributed by atoms with E-state index in [1.54, 1.807) is 6.26 Å². The van der Waals surface area contributed by atoms with Crippen molar-refractivity contribution >= 4 is 16.8 Å². The minimum absolute atomic E-state index is 0.0104. The first-order valence-electron chi connectivity index (χ1n) is 6.58. The third-order valence-corrected chi connectivity index (χ3v) is 3.40. The van der Waals surface area contributed by atoms with Gasteiger partial charge in [-0.2, -0.15) is 0 Å². The number of rotatable bonds is 4. The molecule has 1 amide bonds. The largest absolute Gasteiger partial charge is 0.467 e. The summed E-state index contributed by atoms with van der Waals surface area (Å²) >= 11 is 0. The molecule has 2 aromatic heterocycles. The molecule has 0 aliphatic carbocycles. The Hall–Kier alpha value is -2.49. The molecule has 3 rings (SSSR count). The van der Waals surface area contributed by atoms with Crippen LogP contribution < -0.4 is 5.32 Å². The van der Waals surface area contributed by atoms with E-state index < -0.39 is 0 Å². The van der Waals surface area contributed by atoms with Crippen molar-refractivity contribution in [2.24, 2.45) is 0 Å². The summed E-state index contributed by atoms with van der Waals surface area (Å²) in [6, 6.07) is 9.75. The first-order chi connectivity index (χ1) is 9.74. The lowest BCUT2D eigenvalue weighted by atomic mass is 10.1. The molecule has 0 fully saturated rings. The van der Waals surface area contributed by atoms with Crippen molar-refractivity contribution in [2.75, 3.05) is 0 Å². The molecule has 0 radical (unpaired) electrons. The zero-order valence-electron chi connectivity index (χ0n) is 11.3. The molecule has 2 N–H and O–H groups in total. The van der Waals surface area contributed by atoms with E-state index >= 15 is 0 Å². The number of aromatic nitrogens is 1. The lowest BCUT2D eigenvalue weighted by molar-refractivity contribution is -0.120. The Bertz CT molecular complexity index is 726. The maximum absolute atomic E-state index is 12.0. The Morgan fingerprint density at radius 2 is 2.20 bits per heavy atom. The van der Waals surface area contributed by atoms with Gasteiger partial charge in [-0.25, -0.2) is 0 Å². The van der Waals surface area contributed by atoms with Gasteiger partial charge in [-0.15, -0.1) is 0 Å². The summed E-state index contributed by atoms with van der Waals surface area (Å²) in [6.07, 6.45) is 3.87. The molecule has 0 aliphatic heterocycles. The third-order valence-electron chi connectivity index (χ3n) is 3.40. The van der Waals surface area contributed by atoms with E-state index in [1.165, 1.54) is 5.56 Å². The lowest BCUT2D eigenvalue weighted by Crippen LogP contribution is -2.24. The van der Waals surface area contributed by atoms with E-state index in [0.717, 1.165) is 22.2 Å². The standard InChI is InChI=1S/C16H16N2O2/c1-11-4-2-6-14-12(9-18-16(11)14)8-15(19)17-10-13-5-3-7-20-13/h2-7,9,18H,8,10H2,1H3,(H,17,19). The monoisotopic (exact) mass is 268 g/mol. The molecule has 0 aliphatic rings. The highest BCUT2D eigenvalue weighted by atomic mass is 16.3. The van der Waals surface area contributed by atoms with Gasteiger partial charge >= 0.3 is 0 Å². The highest BCUT2D eigenvalue weighted by Crippen LogP contribution is 2.21. The average molecular weight is 268 g/mol. The minimum Gasteiger partial charge on any atom is -0.467 e. The maximum Gasteiger partial charge on any atom is 0.224 e. The Labute approximate surface area is 116 Å². The molecule has 0 spiro atoms. The van der Waals surface area contributed by atoms with Crippen molar-refractivity contribution in [2.45, 2.75) is 19.9 Å². The van der Waals surface area contributed by atoms with Crippen LogP contribution >= 0.6 is 0 Å². The molecular weight excluding hydrogens is 252 g/mol. The molecule has 20 heavy (non-hydrogen) atoms. The van der Waals surface area contributed by atoms with Crippen molar-refractivity contribution in [1.29, 1.82) is 0 Å². The molecule has 1 aromatic carbocycles. The van der Waals surface area contributed by atoms with Crippen LogP contribution in [0.15, 0.2) is 47.2 Å². The van der Waals surface area contributed by atoms with Gasteiger partial charge in [-0.3, -0.25) is 4.79 Å². The number of furan rings is 1. The van der Waals surface area contributed by atoms with Gasteiger partial charge in [0.15, 0.2) is 0 Å². The first-order valence-corrected chi connectivity index (χ1v) is 6.58.